The molecule has 2 aromatic carbocycles. The van der Waals surface area contributed by atoms with Crippen LogP contribution in [0.15, 0.2) is 59.6 Å². The van der Waals surface area contributed by atoms with Crippen LogP contribution in [0.2, 0.25) is 0 Å². The van der Waals surface area contributed by atoms with E-state index in [9.17, 15) is 0 Å². The van der Waals surface area contributed by atoms with Crippen LogP contribution >= 0.6 is 24.0 Å². The molecule has 0 spiro atoms. The Hall–Kier alpha value is -1.84. The minimum absolute atomic E-state index is 0. The van der Waals surface area contributed by atoms with E-state index in [4.69, 9.17) is 14.5 Å². The lowest BCUT2D eigenvalue weighted by Gasteiger charge is -2.28. The number of hydrogen-bond acceptors (Lipinski definition) is 4. The molecule has 3 rings (SSSR count). The van der Waals surface area contributed by atoms with Gasteiger partial charge in [-0.15, -0.1) is 24.0 Å². The van der Waals surface area contributed by atoms with Crippen LogP contribution in [0.25, 0.3) is 0 Å². The number of nitrogens with one attached hydrogen (secondary N) is 2. The number of morpholine rings is 1. The Bertz CT molecular complexity index is 780. The number of hydrogen-bond donors (Lipinski definition) is 2. The average molecular weight is 553 g/mol. The van der Waals surface area contributed by atoms with Crippen LogP contribution in [0.1, 0.15) is 37.5 Å². The molecule has 0 saturated carbocycles. The maximum atomic E-state index is 5.95. The van der Waals surface area contributed by atoms with Crippen LogP contribution in [0.3, 0.4) is 0 Å². The van der Waals surface area contributed by atoms with Gasteiger partial charge in [0, 0.05) is 38.5 Å². The molecule has 6 nitrogen and oxygen atoms in total. The number of rotatable bonds is 10. The van der Waals surface area contributed by atoms with Crippen molar-refractivity contribution in [1.29, 1.82) is 0 Å². The number of aliphatic imine (C=N–C) groups is 1. The Morgan fingerprint density at radius 1 is 1.06 bits per heavy atom. The van der Waals surface area contributed by atoms with E-state index in [0.717, 1.165) is 51.8 Å². The zero-order valence-corrected chi connectivity index (χ0v) is 21.6. The Kier molecular flexibility index (Phi) is 12.4. The lowest BCUT2D eigenvalue weighted by Crippen LogP contribution is -2.38. The van der Waals surface area contributed by atoms with Crippen LogP contribution in [0.4, 0.5) is 5.69 Å². The molecule has 1 aliphatic rings. The highest BCUT2D eigenvalue weighted by Crippen LogP contribution is 2.17. The second kappa shape index (κ2) is 15.1. The van der Waals surface area contributed by atoms with Gasteiger partial charge in [-0.3, -0.25) is 0 Å². The predicted molar refractivity (Wildman–Crippen MR) is 143 cm³/mol. The Morgan fingerprint density at radius 3 is 2.47 bits per heavy atom. The Balaban J connectivity index is 0.00000363. The fourth-order valence-corrected chi connectivity index (χ4v) is 3.51. The molecule has 2 aromatic rings. The third-order valence-corrected chi connectivity index (χ3v) is 5.33. The summed E-state index contributed by atoms with van der Waals surface area (Å²) < 4.78 is 11.4. The van der Waals surface area contributed by atoms with Crippen molar-refractivity contribution in [2.45, 2.75) is 32.9 Å². The third-order valence-electron chi connectivity index (χ3n) is 5.33. The zero-order valence-electron chi connectivity index (χ0n) is 19.3. The molecule has 176 valence electrons. The highest BCUT2D eigenvalue weighted by molar-refractivity contribution is 14.0. The molecule has 1 heterocycles. The maximum absolute atomic E-state index is 5.95. The van der Waals surface area contributed by atoms with Crippen LogP contribution < -0.4 is 15.5 Å². The predicted octanol–water partition coefficient (Wildman–Crippen LogP) is 4.36. The fourth-order valence-electron chi connectivity index (χ4n) is 3.51. The SMILES string of the molecule is CCNC(=NCc1ccc(N2CCOCC2)cc1)NCCCOC(C)c1ccccc1.I. The first-order chi connectivity index (χ1) is 15.3. The van der Waals surface area contributed by atoms with Gasteiger partial charge in [-0.25, -0.2) is 4.99 Å². The van der Waals surface area contributed by atoms with Gasteiger partial charge in [0.2, 0.25) is 0 Å². The van der Waals surface area contributed by atoms with Crippen molar-refractivity contribution in [2.24, 2.45) is 4.99 Å². The molecule has 0 radical (unpaired) electrons. The van der Waals surface area contributed by atoms with Gasteiger partial charge in [-0.05, 0) is 43.5 Å². The molecule has 32 heavy (non-hydrogen) atoms. The number of guanidine groups is 1. The van der Waals surface area contributed by atoms with Crippen LogP contribution in [-0.4, -0.2) is 52.0 Å². The summed E-state index contributed by atoms with van der Waals surface area (Å²) in [5.74, 6) is 0.843. The molecule has 1 fully saturated rings. The maximum Gasteiger partial charge on any atom is 0.191 e. The number of anilines is 1. The topological polar surface area (TPSA) is 58.1 Å². The van der Waals surface area contributed by atoms with E-state index in [2.05, 4.69) is 65.8 Å². The van der Waals surface area contributed by atoms with E-state index in [0.29, 0.717) is 13.2 Å². The smallest absolute Gasteiger partial charge is 0.191 e. The van der Waals surface area contributed by atoms with E-state index in [1.165, 1.54) is 16.8 Å². The summed E-state index contributed by atoms with van der Waals surface area (Å²) in [6.45, 7) is 10.7. The van der Waals surface area contributed by atoms with E-state index in [1.807, 2.05) is 18.2 Å². The van der Waals surface area contributed by atoms with Crippen molar-refractivity contribution < 1.29 is 9.47 Å². The molecule has 7 heteroatoms. The number of halogens is 1. The highest BCUT2D eigenvalue weighted by atomic mass is 127. The number of nitrogens with zero attached hydrogens (tertiary/aromatic N) is 2. The van der Waals surface area contributed by atoms with Crippen molar-refractivity contribution in [3.63, 3.8) is 0 Å². The summed E-state index contributed by atoms with van der Waals surface area (Å²) in [6, 6.07) is 19.0. The zero-order chi connectivity index (χ0) is 21.7. The van der Waals surface area contributed by atoms with Crippen molar-refractivity contribution in [2.75, 3.05) is 50.9 Å². The quantitative estimate of drug-likeness (QED) is 0.199. The molecular formula is C25H37IN4O2. The summed E-state index contributed by atoms with van der Waals surface area (Å²) in [5, 5.41) is 6.72. The van der Waals surface area contributed by atoms with Gasteiger partial charge in [-0.1, -0.05) is 42.5 Å². The van der Waals surface area contributed by atoms with Gasteiger partial charge < -0.3 is 25.0 Å². The molecule has 1 saturated heterocycles. The minimum atomic E-state index is 0. The first-order valence-electron chi connectivity index (χ1n) is 11.4. The van der Waals surface area contributed by atoms with Crippen molar-refractivity contribution in [1.82, 2.24) is 10.6 Å². The molecule has 0 amide bonds. The molecule has 0 bridgehead atoms. The molecular weight excluding hydrogens is 515 g/mol. The monoisotopic (exact) mass is 552 g/mol. The second-order valence-corrected chi connectivity index (χ2v) is 7.67. The second-order valence-electron chi connectivity index (χ2n) is 7.67. The van der Waals surface area contributed by atoms with Crippen LogP contribution in [-0.2, 0) is 16.0 Å². The average Bonchev–Trinajstić information content (AvgIpc) is 2.83. The molecule has 0 aliphatic carbocycles. The van der Waals surface area contributed by atoms with E-state index >= 15 is 0 Å². The van der Waals surface area contributed by atoms with Crippen LogP contribution in [0.5, 0.6) is 0 Å². The van der Waals surface area contributed by atoms with Crippen molar-refractivity contribution in [3.05, 3.63) is 65.7 Å². The largest absolute Gasteiger partial charge is 0.378 e. The van der Waals surface area contributed by atoms with Gasteiger partial charge in [0.1, 0.15) is 0 Å². The standard InChI is InChI=1S/C25H36N4O2.HI/c1-3-26-25(27-14-7-17-31-21(2)23-8-5-4-6-9-23)28-20-22-10-12-24(13-11-22)29-15-18-30-19-16-29;/h4-6,8-13,21H,3,7,14-20H2,1-2H3,(H2,26,27,28);1H. The van der Waals surface area contributed by atoms with Crippen molar-refractivity contribution in [3.8, 4) is 0 Å². The molecule has 1 unspecified atom stereocenters. The number of ether oxygens (including phenoxy) is 2. The molecule has 1 aliphatic heterocycles. The first kappa shape index (κ1) is 26.4. The fraction of sp³-hybridized carbons (Fsp3) is 0.480. The summed E-state index contributed by atoms with van der Waals surface area (Å²) >= 11 is 0. The Labute approximate surface area is 209 Å². The Morgan fingerprint density at radius 2 is 1.78 bits per heavy atom. The molecule has 1 atom stereocenters. The lowest BCUT2D eigenvalue weighted by molar-refractivity contribution is 0.0646. The minimum Gasteiger partial charge on any atom is -0.378 e. The lowest BCUT2D eigenvalue weighted by atomic mass is 10.1. The van der Waals surface area contributed by atoms with Gasteiger partial charge in [0.25, 0.3) is 0 Å². The molecule has 0 aromatic heterocycles. The highest BCUT2D eigenvalue weighted by Gasteiger charge is 2.10. The van der Waals surface area contributed by atoms with Gasteiger partial charge in [0.05, 0.1) is 25.9 Å². The third kappa shape index (κ3) is 8.96. The van der Waals surface area contributed by atoms with E-state index in [-0.39, 0.29) is 30.1 Å². The van der Waals surface area contributed by atoms with E-state index in [1.54, 1.807) is 0 Å². The molecule has 2 N–H and O–H groups in total. The van der Waals surface area contributed by atoms with Crippen LogP contribution in [0, 0.1) is 0 Å². The van der Waals surface area contributed by atoms with Gasteiger partial charge in [0.15, 0.2) is 5.96 Å². The number of benzene rings is 2. The summed E-state index contributed by atoms with van der Waals surface area (Å²) in [7, 11) is 0. The summed E-state index contributed by atoms with van der Waals surface area (Å²) in [6.07, 6.45) is 1.04. The first-order valence-corrected chi connectivity index (χ1v) is 11.4. The van der Waals surface area contributed by atoms with Crippen molar-refractivity contribution >= 4 is 35.6 Å². The van der Waals surface area contributed by atoms with Gasteiger partial charge in [-0.2, -0.15) is 0 Å². The normalized spacial score (nSPS) is 15.1. The summed E-state index contributed by atoms with van der Waals surface area (Å²) in [4.78, 5) is 7.09. The van der Waals surface area contributed by atoms with E-state index < -0.39 is 0 Å². The summed E-state index contributed by atoms with van der Waals surface area (Å²) in [5.41, 5.74) is 3.67. The van der Waals surface area contributed by atoms with Gasteiger partial charge >= 0.3 is 0 Å².